The molecule has 1 fully saturated rings. The lowest BCUT2D eigenvalue weighted by Gasteiger charge is -2.41. The molecule has 3 aliphatic rings. The van der Waals surface area contributed by atoms with Gasteiger partial charge in [-0.3, -0.25) is 0 Å². The Balaban J connectivity index is 1.58. The number of ether oxygens (including phenoxy) is 3. The molecule has 2 aromatic heterocycles. The van der Waals surface area contributed by atoms with E-state index in [4.69, 9.17) is 24.3 Å². The van der Waals surface area contributed by atoms with Crippen LogP contribution in [0, 0.1) is 18.6 Å². The maximum absolute atomic E-state index is 15.4. The van der Waals surface area contributed by atoms with Gasteiger partial charge in [-0.2, -0.15) is 9.61 Å². The lowest BCUT2D eigenvalue weighted by molar-refractivity contribution is -0.160. The normalized spacial score (nSPS) is 21.4. The average molecular weight is 647 g/mol. The van der Waals surface area contributed by atoms with Crippen molar-refractivity contribution in [3.05, 3.63) is 77.5 Å². The van der Waals surface area contributed by atoms with Crippen molar-refractivity contribution in [3.8, 4) is 28.1 Å². The van der Waals surface area contributed by atoms with Crippen LogP contribution >= 0.6 is 0 Å². The van der Waals surface area contributed by atoms with Crippen molar-refractivity contribution < 1.29 is 32.9 Å². The monoisotopic (exact) mass is 646 g/mol. The number of aromatic nitrogens is 3. The van der Waals surface area contributed by atoms with Gasteiger partial charge in [0.1, 0.15) is 29.3 Å². The second-order valence-electron chi connectivity index (χ2n) is 13.5. The molecule has 4 aromatic rings. The zero-order valence-electron chi connectivity index (χ0n) is 27.5. The first-order chi connectivity index (χ1) is 22.2. The molecule has 0 spiro atoms. The predicted octanol–water partition coefficient (Wildman–Crippen LogP) is 7.30. The molecule has 0 amide bonds. The van der Waals surface area contributed by atoms with E-state index in [1.807, 2.05) is 45.1 Å². The molecule has 1 saturated heterocycles. The van der Waals surface area contributed by atoms with Gasteiger partial charge in [0.15, 0.2) is 11.8 Å². The van der Waals surface area contributed by atoms with E-state index in [1.54, 1.807) is 36.6 Å². The molecule has 0 aliphatic carbocycles. The quantitative estimate of drug-likeness (QED) is 0.232. The van der Waals surface area contributed by atoms with Crippen molar-refractivity contribution in [2.45, 2.75) is 77.8 Å². The number of carbonyl (C=O) groups is 1. The lowest BCUT2D eigenvalue weighted by atomic mass is 9.92. The fourth-order valence-corrected chi connectivity index (χ4v) is 6.28. The summed E-state index contributed by atoms with van der Waals surface area (Å²) in [5.74, 6) is -1.94. The number of nitrogens with zero attached hydrogens (tertiary/aromatic N) is 4. The molecule has 2 aromatic carbocycles. The number of aliphatic carboxylic acids is 1. The van der Waals surface area contributed by atoms with Crippen molar-refractivity contribution in [1.29, 1.82) is 0 Å². The van der Waals surface area contributed by atoms with Crippen LogP contribution in [0.5, 0.6) is 5.75 Å². The van der Waals surface area contributed by atoms with Crippen LogP contribution in [-0.4, -0.2) is 62.7 Å². The van der Waals surface area contributed by atoms with Crippen LogP contribution in [0.2, 0.25) is 0 Å². The molecule has 248 valence electrons. The molecule has 0 unspecified atom stereocenters. The Morgan fingerprint density at radius 2 is 1.85 bits per heavy atom. The number of benzene rings is 2. The highest BCUT2D eigenvalue weighted by atomic mass is 19.1. The molecule has 11 heteroatoms. The topological polar surface area (TPSA) is 98.4 Å². The van der Waals surface area contributed by atoms with Crippen molar-refractivity contribution in [2.75, 3.05) is 24.6 Å². The van der Waals surface area contributed by atoms with Gasteiger partial charge in [0.05, 0.1) is 34.6 Å². The summed E-state index contributed by atoms with van der Waals surface area (Å²) in [5, 5.41) is 15.4. The van der Waals surface area contributed by atoms with Gasteiger partial charge in [-0.1, -0.05) is 24.3 Å². The summed E-state index contributed by atoms with van der Waals surface area (Å²) in [4.78, 5) is 19.7. The van der Waals surface area contributed by atoms with Crippen molar-refractivity contribution in [1.82, 2.24) is 14.6 Å². The second-order valence-corrected chi connectivity index (χ2v) is 13.5. The summed E-state index contributed by atoms with van der Waals surface area (Å²) in [7, 11) is 0. The van der Waals surface area contributed by atoms with Gasteiger partial charge >= 0.3 is 5.97 Å². The Morgan fingerprint density at radius 3 is 2.55 bits per heavy atom. The van der Waals surface area contributed by atoms with E-state index in [-0.39, 0.29) is 11.3 Å². The third-order valence-electron chi connectivity index (χ3n) is 8.60. The number of aryl methyl sites for hydroxylation is 1. The van der Waals surface area contributed by atoms with Crippen LogP contribution in [0.1, 0.15) is 64.8 Å². The number of carboxylic acids is 1. The maximum atomic E-state index is 15.4. The minimum absolute atomic E-state index is 0.0758. The number of piperidine rings is 1. The Morgan fingerprint density at radius 1 is 1.13 bits per heavy atom. The van der Waals surface area contributed by atoms with E-state index in [2.05, 4.69) is 11.8 Å². The van der Waals surface area contributed by atoms with Crippen molar-refractivity contribution >= 4 is 17.4 Å². The van der Waals surface area contributed by atoms with Gasteiger partial charge in [0.25, 0.3) is 0 Å². The molecule has 3 aliphatic heterocycles. The summed E-state index contributed by atoms with van der Waals surface area (Å²) in [6.45, 7) is 12.6. The number of hydrogen-bond donors (Lipinski definition) is 1. The number of anilines is 1. The molecule has 0 saturated carbocycles. The number of fused-ring (bicyclic) bond motifs is 6. The molecule has 9 nitrogen and oxygen atoms in total. The summed E-state index contributed by atoms with van der Waals surface area (Å²) >= 11 is 0. The van der Waals surface area contributed by atoms with E-state index in [0.29, 0.717) is 72.1 Å². The van der Waals surface area contributed by atoms with E-state index in [0.717, 1.165) is 6.07 Å². The predicted molar refractivity (Wildman–Crippen MR) is 175 cm³/mol. The summed E-state index contributed by atoms with van der Waals surface area (Å²) in [6.07, 6.45) is 3.23. The van der Waals surface area contributed by atoms with E-state index in [9.17, 15) is 14.3 Å². The molecule has 5 heterocycles. The largest absolute Gasteiger partial charge is 0.486 e. The first-order valence-corrected chi connectivity index (χ1v) is 15.8. The fraction of sp³-hybridized carbons (Fsp3) is 0.417. The molecular formula is C36H40F2N4O5. The number of hydrogen-bond acceptors (Lipinski definition) is 7. The van der Waals surface area contributed by atoms with E-state index < -0.39 is 41.0 Å². The Kier molecular flexibility index (Phi) is 8.56. The third-order valence-corrected chi connectivity index (χ3v) is 8.60. The van der Waals surface area contributed by atoms with E-state index in [1.165, 1.54) is 6.07 Å². The Hall–Kier alpha value is -4.35. The van der Waals surface area contributed by atoms with Crippen LogP contribution in [-0.2, 0) is 14.3 Å². The molecule has 47 heavy (non-hydrogen) atoms. The van der Waals surface area contributed by atoms with Gasteiger partial charge in [0.2, 0.25) is 0 Å². The summed E-state index contributed by atoms with van der Waals surface area (Å²) in [5.41, 5.74) is 2.12. The lowest BCUT2D eigenvalue weighted by Crippen LogP contribution is -2.45. The first-order valence-electron chi connectivity index (χ1n) is 15.8. The summed E-state index contributed by atoms with van der Waals surface area (Å²) < 4.78 is 50.1. The minimum atomic E-state index is -1.30. The molecular weight excluding hydrogens is 606 g/mol. The van der Waals surface area contributed by atoms with Gasteiger partial charge in [-0.15, -0.1) is 0 Å². The van der Waals surface area contributed by atoms with Crippen LogP contribution in [0.3, 0.4) is 0 Å². The zero-order valence-corrected chi connectivity index (χ0v) is 27.5. The summed E-state index contributed by atoms with van der Waals surface area (Å²) in [6, 6.07) is 11.0. The average Bonchev–Trinajstić information content (AvgIpc) is 3.41. The smallest absolute Gasteiger partial charge is 0.337 e. The van der Waals surface area contributed by atoms with Crippen LogP contribution < -0.4 is 9.64 Å². The van der Waals surface area contributed by atoms with Gasteiger partial charge in [-0.25, -0.2) is 18.6 Å². The third kappa shape index (κ3) is 6.73. The molecule has 1 N–H and O–H groups in total. The SMILES string of the molecule is Cc1nc2cc3nn2c(c1[C@H](OC(C)(C)C)C(=O)O)N1CCC(C)(CC1)OC/C=C/[C@H](C)Oc1cc(F)cc(F)c1-c1cccc-3c1. The fourth-order valence-electron chi connectivity index (χ4n) is 6.28. The molecule has 6 bridgehead atoms. The van der Waals surface area contributed by atoms with E-state index >= 15 is 4.39 Å². The first kappa shape index (κ1) is 32.6. The Bertz CT molecular complexity index is 1860. The van der Waals surface area contributed by atoms with Crippen molar-refractivity contribution in [2.24, 2.45) is 0 Å². The van der Waals surface area contributed by atoms with Crippen molar-refractivity contribution in [3.63, 3.8) is 0 Å². The number of rotatable bonds is 3. The standard InChI is InChI=1S/C36H40F2N4O5/c1-21-9-8-16-45-36(6)12-14-41(15-13-36)33-30(32(34(43)44)47-35(3,4)5)22(2)39-29-20-27(40-42(29)33)23-10-7-11-24(17-23)31-26(38)18-25(37)19-28(31)46-21/h7-11,17-21,32H,12-16H2,1-6H3,(H,43,44)/b9-8+/t21-,32-/m0/s1. The number of halogens is 2. The van der Waals surface area contributed by atoms with Crippen LogP contribution in [0.15, 0.2) is 54.6 Å². The second kappa shape index (κ2) is 12.4. The Labute approximate surface area is 272 Å². The van der Waals surface area contributed by atoms with Gasteiger partial charge < -0.3 is 24.2 Å². The molecule has 2 atom stereocenters. The maximum Gasteiger partial charge on any atom is 0.337 e. The number of carboxylic acid groups (broad SMARTS) is 1. The van der Waals surface area contributed by atoms with Crippen LogP contribution in [0.4, 0.5) is 14.6 Å². The highest BCUT2D eigenvalue weighted by Gasteiger charge is 2.38. The highest BCUT2D eigenvalue weighted by Crippen LogP contribution is 2.40. The molecule has 7 rings (SSSR count). The van der Waals surface area contributed by atoms with Gasteiger partial charge in [0, 0.05) is 42.5 Å². The highest BCUT2D eigenvalue weighted by molar-refractivity contribution is 5.80. The minimum Gasteiger partial charge on any atom is -0.486 e. The zero-order chi connectivity index (χ0) is 33.7. The molecule has 0 radical (unpaired) electrons. The van der Waals surface area contributed by atoms with Crippen LogP contribution in [0.25, 0.3) is 28.0 Å². The van der Waals surface area contributed by atoms with Gasteiger partial charge in [-0.05, 0) is 72.1 Å².